The zero-order valence-electron chi connectivity index (χ0n) is 20.0. The maximum Gasteiger partial charge on any atom is 0.421 e. The van der Waals surface area contributed by atoms with Gasteiger partial charge in [0, 0.05) is 17.8 Å². The Balaban J connectivity index is 1.86. The van der Waals surface area contributed by atoms with Gasteiger partial charge in [-0.2, -0.15) is 13.2 Å². The van der Waals surface area contributed by atoms with E-state index in [4.69, 9.17) is 16.3 Å². The fourth-order valence-corrected chi connectivity index (χ4v) is 4.60. The molecule has 2 N–H and O–H groups in total. The van der Waals surface area contributed by atoms with Crippen LogP contribution in [0, 0.1) is 5.92 Å². The summed E-state index contributed by atoms with van der Waals surface area (Å²) in [6.45, 7) is 7.60. The van der Waals surface area contributed by atoms with Gasteiger partial charge >= 0.3 is 6.18 Å². The molecular formula is C26H32ClF3N2O3. The number of aliphatic hydroxyl groups is 1. The highest BCUT2D eigenvalue weighted by Gasteiger charge is 2.34. The van der Waals surface area contributed by atoms with E-state index in [2.05, 4.69) is 23.7 Å². The summed E-state index contributed by atoms with van der Waals surface area (Å²) in [6.07, 6.45) is -0.461. The summed E-state index contributed by atoms with van der Waals surface area (Å²) in [5, 5.41) is 10.3. The molecule has 1 aromatic carbocycles. The average molecular weight is 513 g/mol. The number of alkyl halides is 3. The average Bonchev–Trinajstić information content (AvgIpc) is 3.22. The standard InChI is InChI=1S/C26H32ClF3N2O3/c1-3-32(4-2)12-5-13-35-24-11-7-18(16-22(24)27)20(15-17-6-8-19(33)14-17)23-10-9-21(25(34)31-23)26(28,29)30/h7,9-11,15-17,19,33H,3-6,8,12-14H2,1-2H3,(H,31,34)/b20-15-/t17-,19?/m0/s1. The lowest BCUT2D eigenvalue weighted by atomic mass is 9.95. The number of hydrogen-bond acceptors (Lipinski definition) is 4. The van der Waals surface area contributed by atoms with E-state index in [1.54, 1.807) is 18.2 Å². The first-order valence-corrected chi connectivity index (χ1v) is 12.4. The molecule has 1 aliphatic carbocycles. The van der Waals surface area contributed by atoms with Crippen molar-refractivity contribution in [3.63, 3.8) is 0 Å². The van der Waals surface area contributed by atoms with Crippen LogP contribution in [-0.2, 0) is 6.18 Å². The number of pyridine rings is 1. The molecule has 2 aromatic rings. The summed E-state index contributed by atoms with van der Waals surface area (Å²) in [6, 6.07) is 7.25. The Bertz CT molecular complexity index is 1080. The van der Waals surface area contributed by atoms with Crippen LogP contribution in [0.25, 0.3) is 5.57 Å². The summed E-state index contributed by atoms with van der Waals surface area (Å²) in [5.74, 6) is 0.548. The number of nitrogens with zero attached hydrogens (tertiary/aromatic N) is 1. The molecule has 1 aromatic heterocycles. The normalized spacial score (nSPS) is 18.9. The second-order valence-electron chi connectivity index (χ2n) is 8.79. The second-order valence-corrected chi connectivity index (χ2v) is 9.20. The van der Waals surface area contributed by atoms with E-state index >= 15 is 0 Å². The predicted octanol–water partition coefficient (Wildman–Crippen LogP) is 5.75. The van der Waals surface area contributed by atoms with Gasteiger partial charge in [-0.25, -0.2) is 0 Å². The maximum atomic E-state index is 13.1. The van der Waals surface area contributed by atoms with Gasteiger partial charge in [-0.1, -0.05) is 37.6 Å². The van der Waals surface area contributed by atoms with E-state index in [1.807, 2.05) is 6.08 Å². The fraction of sp³-hybridized carbons (Fsp3) is 0.500. The Morgan fingerprint density at radius 1 is 1.23 bits per heavy atom. The number of aromatic nitrogens is 1. The quantitative estimate of drug-likeness (QED) is 0.398. The molecule has 1 heterocycles. The van der Waals surface area contributed by atoms with Crippen LogP contribution >= 0.6 is 11.6 Å². The highest BCUT2D eigenvalue weighted by molar-refractivity contribution is 6.32. The predicted molar refractivity (Wildman–Crippen MR) is 132 cm³/mol. The maximum absolute atomic E-state index is 13.1. The van der Waals surface area contributed by atoms with Crippen molar-refractivity contribution < 1.29 is 23.0 Å². The Labute approximate surface area is 208 Å². The SMILES string of the molecule is CCN(CC)CCCOc1ccc(/C(=C/[C@H]2CCC(O)C2)c2ccc(C(F)(F)F)c(=O)[nH]2)cc1Cl. The number of H-pyrrole nitrogens is 1. The largest absolute Gasteiger partial charge is 0.492 e. The lowest BCUT2D eigenvalue weighted by molar-refractivity contribution is -0.138. The van der Waals surface area contributed by atoms with Crippen molar-refractivity contribution in [2.24, 2.45) is 5.92 Å². The minimum Gasteiger partial charge on any atom is -0.492 e. The van der Waals surface area contributed by atoms with E-state index in [-0.39, 0.29) is 11.6 Å². The molecule has 0 aliphatic heterocycles. The van der Waals surface area contributed by atoms with E-state index < -0.39 is 23.4 Å². The molecule has 0 saturated heterocycles. The number of rotatable bonds is 10. The number of aromatic amines is 1. The van der Waals surface area contributed by atoms with E-state index in [0.717, 1.165) is 38.5 Å². The number of halogens is 4. The minimum atomic E-state index is -4.74. The number of hydrogen-bond donors (Lipinski definition) is 2. The molecular weight excluding hydrogens is 481 g/mol. The monoisotopic (exact) mass is 512 g/mol. The third-order valence-electron chi connectivity index (χ3n) is 6.37. The highest BCUT2D eigenvalue weighted by Crippen LogP contribution is 2.35. The van der Waals surface area contributed by atoms with Crippen molar-refractivity contribution >= 4 is 17.2 Å². The van der Waals surface area contributed by atoms with Gasteiger partial charge < -0.3 is 19.7 Å². The Morgan fingerprint density at radius 3 is 2.54 bits per heavy atom. The topological polar surface area (TPSA) is 65.6 Å². The van der Waals surface area contributed by atoms with Crippen LogP contribution in [0.15, 0.2) is 41.2 Å². The molecule has 35 heavy (non-hydrogen) atoms. The van der Waals surface area contributed by atoms with E-state index in [1.165, 1.54) is 6.07 Å². The third kappa shape index (κ3) is 7.35. The molecule has 1 saturated carbocycles. The first kappa shape index (κ1) is 27.3. The Kier molecular flexibility index (Phi) is 9.44. The summed E-state index contributed by atoms with van der Waals surface area (Å²) in [7, 11) is 0. The lowest BCUT2D eigenvalue weighted by Crippen LogP contribution is -2.25. The molecule has 5 nitrogen and oxygen atoms in total. The van der Waals surface area contributed by atoms with Crippen molar-refractivity contribution in [3.05, 3.63) is 68.6 Å². The summed E-state index contributed by atoms with van der Waals surface area (Å²) >= 11 is 6.49. The summed E-state index contributed by atoms with van der Waals surface area (Å²) in [5.41, 5.74) is -0.990. The van der Waals surface area contributed by atoms with Gasteiger partial charge in [-0.3, -0.25) is 4.79 Å². The van der Waals surface area contributed by atoms with Crippen molar-refractivity contribution in [1.82, 2.24) is 9.88 Å². The van der Waals surface area contributed by atoms with Gasteiger partial charge in [0.05, 0.1) is 17.7 Å². The number of allylic oxidation sites excluding steroid dienone is 1. The zero-order chi connectivity index (χ0) is 25.6. The van der Waals surface area contributed by atoms with E-state index in [0.29, 0.717) is 41.4 Å². The number of ether oxygens (including phenoxy) is 1. The summed E-state index contributed by atoms with van der Waals surface area (Å²) < 4.78 is 45.1. The molecule has 1 unspecified atom stereocenters. The number of nitrogens with one attached hydrogen (secondary N) is 1. The zero-order valence-corrected chi connectivity index (χ0v) is 20.8. The molecule has 1 fully saturated rings. The van der Waals surface area contributed by atoms with Gasteiger partial charge in [0.15, 0.2) is 0 Å². The van der Waals surface area contributed by atoms with Gasteiger partial charge in [-0.15, -0.1) is 0 Å². The lowest BCUT2D eigenvalue weighted by Gasteiger charge is -2.18. The molecule has 0 radical (unpaired) electrons. The van der Waals surface area contributed by atoms with E-state index in [9.17, 15) is 23.1 Å². The van der Waals surface area contributed by atoms with Crippen molar-refractivity contribution in [3.8, 4) is 5.75 Å². The van der Waals surface area contributed by atoms with Crippen LogP contribution in [0.5, 0.6) is 5.75 Å². The van der Waals surface area contributed by atoms with Gasteiger partial charge in [0.2, 0.25) is 0 Å². The highest BCUT2D eigenvalue weighted by atomic mass is 35.5. The van der Waals surface area contributed by atoms with Crippen LogP contribution < -0.4 is 10.3 Å². The van der Waals surface area contributed by atoms with Crippen LogP contribution in [0.3, 0.4) is 0 Å². The van der Waals surface area contributed by atoms with Crippen molar-refractivity contribution in [1.29, 1.82) is 0 Å². The molecule has 0 amide bonds. The van der Waals surface area contributed by atoms with Crippen LogP contribution in [0.4, 0.5) is 13.2 Å². The van der Waals surface area contributed by atoms with Gasteiger partial charge in [0.25, 0.3) is 5.56 Å². The van der Waals surface area contributed by atoms with Crippen molar-refractivity contribution in [2.75, 3.05) is 26.2 Å². The van der Waals surface area contributed by atoms with Crippen LogP contribution in [0.2, 0.25) is 5.02 Å². The van der Waals surface area contributed by atoms with Crippen LogP contribution in [-0.4, -0.2) is 47.3 Å². The smallest absolute Gasteiger partial charge is 0.421 e. The van der Waals surface area contributed by atoms with Crippen LogP contribution in [0.1, 0.15) is 56.4 Å². The first-order chi connectivity index (χ1) is 16.6. The number of benzene rings is 1. The van der Waals surface area contributed by atoms with Crippen molar-refractivity contribution in [2.45, 2.75) is 51.8 Å². The third-order valence-corrected chi connectivity index (χ3v) is 6.66. The molecule has 192 valence electrons. The molecule has 9 heteroatoms. The van der Waals surface area contributed by atoms with Gasteiger partial charge in [0.1, 0.15) is 11.3 Å². The Hall–Kier alpha value is -2.29. The first-order valence-electron chi connectivity index (χ1n) is 12.0. The molecule has 1 aliphatic rings. The molecule has 0 spiro atoms. The Morgan fingerprint density at radius 2 is 1.97 bits per heavy atom. The minimum absolute atomic E-state index is 0.0283. The second kappa shape index (κ2) is 12.1. The molecule has 2 atom stereocenters. The number of aliphatic hydroxyl groups excluding tert-OH is 1. The van der Waals surface area contributed by atoms with Gasteiger partial charge in [-0.05, 0) is 74.5 Å². The summed E-state index contributed by atoms with van der Waals surface area (Å²) in [4.78, 5) is 16.9. The fourth-order valence-electron chi connectivity index (χ4n) is 4.37. The molecule has 3 rings (SSSR count). The molecule has 0 bridgehead atoms.